The topological polar surface area (TPSA) is 76.4 Å². The number of rotatable bonds is 5. The van der Waals surface area contributed by atoms with Crippen molar-refractivity contribution in [2.24, 2.45) is 0 Å². The molecule has 0 atom stereocenters. The van der Waals surface area contributed by atoms with Crippen LogP contribution < -0.4 is 8.92 Å². The molecule has 0 aromatic heterocycles. The Morgan fingerprint density at radius 3 is 2.38 bits per heavy atom. The zero-order valence-electron chi connectivity index (χ0n) is 11.3. The molecule has 6 heteroatoms. The molecular weight excluding hydrogens is 290 g/mol. The first-order valence-corrected chi connectivity index (χ1v) is 7.64. The highest BCUT2D eigenvalue weighted by Crippen LogP contribution is 2.23. The van der Waals surface area contributed by atoms with E-state index in [1.807, 2.05) is 13.0 Å². The standard InChI is InChI=1S/C15H13NO4S/c1-2-19-13-7-9-14(10-8-13)21(17,18)20-15-6-4-3-5-12(15)11-16/h3-10H,2H2,1H3. The highest BCUT2D eigenvalue weighted by Gasteiger charge is 2.18. The average Bonchev–Trinajstić information content (AvgIpc) is 2.48. The van der Waals surface area contributed by atoms with Gasteiger partial charge < -0.3 is 8.92 Å². The van der Waals surface area contributed by atoms with Gasteiger partial charge in [-0.2, -0.15) is 13.7 Å². The van der Waals surface area contributed by atoms with Gasteiger partial charge in [-0.05, 0) is 43.3 Å². The number of nitrogens with zero attached hydrogens (tertiary/aromatic N) is 1. The summed E-state index contributed by atoms with van der Waals surface area (Å²) in [7, 11) is -3.98. The molecule has 2 aromatic rings. The van der Waals surface area contributed by atoms with Crippen molar-refractivity contribution >= 4 is 10.1 Å². The van der Waals surface area contributed by atoms with E-state index in [-0.39, 0.29) is 16.2 Å². The first-order valence-electron chi connectivity index (χ1n) is 6.23. The Hall–Kier alpha value is -2.52. The molecule has 108 valence electrons. The highest BCUT2D eigenvalue weighted by atomic mass is 32.2. The van der Waals surface area contributed by atoms with Crippen molar-refractivity contribution in [1.29, 1.82) is 5.26 Å². The first-order chi connectivity index (χ1) is 10.1. The van der Waals surface area contributed by atoms with Gasteiger partial charge in [0.05, 0.1) is 12.2 Å². The number of hydrogen-bond acceptors (Lipinski definition) is 5. The average molecular weight is 303 g/mol. The lowest BCUT2D eigenvalue weighted by atomic mass is 10.2. The second-order valence-corrected chi connectivity index (χ2v) is 5.60. The van der Waals surface area contributed by atoms with E-state index in [9.17, 15) is 8.42 Å². The van der Waals surface area contributed by atoms with E-state index in [0.717, 1.165) is 0 Å². The molecule has 0 N–H and O–H groups in total. The molecule has 2 rings (SSSR count). The Labute approximate surface area is 123 Å². The van der Waals surface area contributed by atoms with Crippen LogP contribution >= 0.6 is 0 Å². The summed E-state index contributed by atoms with van der Waals surface area (Å²) in [4.78, 5) is -0.00121. The maximum atomic E-state index is 12.2. The Morgan fingerprint density at radius 1 is 1.10 bits per heavy atom. The number of ether oxygens (including phenoxy) is 1. The summed E-state index contributed by atoms with van der Waals surface area (Å²) in [5.41, 5.74) is 0.159. The zero-order chi connectivity index (χ0) is 15.3. The predicted octanol–water partition coefficient (Wildman–Crippen LogP) is 2.72. The Balaban J connectivity index is 2.28. The van der Waals surface area contributed by atoms with Crippen LogP contribution in [0.2, 0.25) is 0 Å². The molecule has 0 saturated heterocycles. The van der Waals surface area contributed by atoms with Gasteiger partial charge in [0.1, 0.15) is 16.7 Å². The molecule has 0 saturated carbocycles. The Bertz CT molecular complexity index is 761. The second kappa shape index (κ2) is 6.29. The fourth-order valence-electron chi connectivity index (χ4n) is 1.67. The third kappa shape index (κ3) is 3.52. The van der Waals surface area contributed by atoms with Crippen LogP contribution in [0.15, 0.2) is 53.4 Å². The monoisotopic (exact) mass is 303 g/mol. The Kier molecular flexibility index (Phi) is 4.45. The van der Waals surface area contributed by atoms with Gasteiger partial charge in [-0.1, -0.05) is 12.1 Å². The van der Waals surface area contributed by atoms with Crippen molar-refractivity contribution in [3.05, 3.63) is 54.1 Å². The van der Waals surface area contributed by atoms with E-state index in [0.29, 0.717) is 12.4 Å². The molecule has 0 radical (unpaired) electrons. The molecule has 2 aromatic carbocycles. The van der Waals surface area contributed by atoms with Crippen LogP contribution in [0, 0.1) is 11.3 Å². The lowest BCUT2D eigenvalue weighted by Gasteiger charge is -2.09. The first kappa shape index (κ1) is 14.9. The molecule has 0 aliphatic rings. The van der Waals surface area contributed by atoms with Crippen LogP contribution in [0.4, 0.5) is 0 Å². The fraction of sp³-hybridized carbons (Fsp3) is 0.133. The molecule has 0 aliphatic carbocycles. The lowest BCUT2D eigenvalue weighted by Crippen LogP contribution is -2.10. The van der Waals surface area contributed by atoms with Crippen LogP contribution in [0.25, 0.3) is 0 Å². The van der Waals surface area contributed by atoms with Gasteiger partial charge >= 0.3 is 10.1 Å². The number of hydrogen-bond donors (Lipinski definition) is 0. The summed E-state index contributed by atoms with van der Waals surface area (Å²) in [5, 5.41) is 8.94. The Morgan fingerprint density at radius 2 is 1.76 bits per heavy atom. The summed E-state index contributed by atoms with van der Waals surface area (Å²) in [5.74, 6) is 0.586. The molecule has 0 heterocycles. The minimum absolute atomic E-state index is 0.00121. The summed E-state index contributed by atoms with van der Waals surface area (Å²) < 4.78 is 34.6. The van der Waals surface area contributed by atoms with E-state index in [1.165, 1.54) is 24.3 Å². The third-order valence-corrected chi connectivity index (χ3v) is 3.88. The molecule has 21 heavy (non-hydrogen) atoms. The van der Waals surface area contributed by atoms with Crippen LogP contribution in [0.3, 0.4) is 0 Å². The van der Waals surface area contributed by atoms with Gasteiger partial charge in [-0.15, -0.1) is 0 Å². The summed E-state index contributed by atoms with van der Waals surface area (Å²) in [6, 6.07) is 13.9. The summed E-state index contributed by atoms with van der Waals surface area (Å²) in [6.45, 7) is 2.34. The fourth-order valence-corrected chi connectivity index (χ4v) is 2.61. The number of nitriles is 1. The number of para-hydroxylation sites is 1. The molecule has 0 spiro atoms. The van der Waals surface area contributed by atoms with Gasteiger partial charge in [0.2, 0.25) is 0 Å². The molecule has 0 fully saturated rings. The molecule has 0 amide bonds. The zero-order valence-corrected chi connectivity index (χ0v) is 12.1. The lowest BCUT2D eigenvalue weighted by molar-refractivity contribution is 0.340. The van der Waals surface area contributed by atoms with Crippen molar-refractivity contribution in [1.82, 2.24) is 0 Å². The van der Waals surface area contributed by atoms with Crippen molar-refractivity contribution in [2.75, 3.05) is 6.61 Å². The smallest absolute Gasteiger partial charge is 0.339 e. The van der Waals surface area contributed by atoms with Crippen LogP contribution in [-0.2, 0) is 10.1 Å². The quantitative estimate of drug-likeness (QED) is 0.794. The largest absolute Gasteiger partial charge is 0.494 e. The predicted molar refractivity (Wildman–Crippen MR) is 76.6 cm³/mol. The van der Waals surface area contributed by atoms with Crippen molar-refractivity contribution in [3.63, 3.8) is 0 Å². The van der Waals surface area contributed by atoms with E-state index in [4.69, 9.17) is 14.2 Å². The van der Waals surface area contributed by atoms with E-state index < -0.39 is 10.1 Å². The van der Waals surface area contributed by atoms with Gasteiger partial charge in [-0.3, -0.25) is 0 Å². The molecular formula is C15H13NO4S. The SMILES string of the molecule is CCOc1ccc(S(=O)(=O)Oc2ccccc2C#N)cc1. The molecule has 0 unspecified atom stereocenters. The second-order valence-electron chi connectivity index (χ2n) is 4.05. The normalized spacial score (nSPS) is 10.7. The number of benzene rings is 2. The van der Waals surface area contributed by atoms with Gasteiger partial charge in [0.15, 0.2) is 5.75 Å². The minimum atomic E-state index is -3.98. The van der Waals surface area contributed by atoms with Crippen LogP contribution in [-0.4, -0.2) is 15.0 Å². The maximum absolute atomic E-state index is 12.2. The van der Waals surface area contributed by atoms with E-state index >= 15 is 0 Å². The van der Waals surface area contributed by atoms with Gasteiger partial charge in [-0.25, -0.2) is 0 Å². The van der Waals surface area contributed by atoms with Crippen molar-refractivity contribution in [2.45, 2.75) is 11.8 Å². The van der Waals surface area contributed by atoms with E-state index in [2.05, 4.69) is 0 Å². The van der Waals surface area contributed by atoms with Crippen LogP contribution in [0.1, 0.15) is 12.5 Å². The molecule has 0 aliphatic heterocycles. The summed E-state index contributed by atoms with van der Waals surface area (Å²) in [6.07, 6.45) is 0. The van der Waals surface area contributed by atoms with Gasteiger partial charge in [0.25, 0.3) is 0 Å². The van der Waals surface area contributed by atoms with Crippen LogP contribution in [0.5, 0.6) is 11.5 Å². The van der Waals surface area contributed by atoms with Crippen molar-refractivity contribution < 1.29 is 17.3 Å². The molecule has 0 bridgehead atoms. The van der Waals surface area contributed by atoms with Crippen molar-refractivity contribution in [3.8, 4) is 17.6 Å². The summed E-state index contributed by atoms with van der Waals surface area (Å²) >= 11 is 0. The van der Waals surface area contributed by atoms with Gasteiger partial charge in [0, 0.05) is 0 Å². The highest BCUT2D eigenvalue weighted by molar-refractivity contribution is 7.87. The minimum Gasteiger partial charge on any atom is -0.494 e. The van der Waals surface area contributed by atoms with E-state index in [1.54, 1.807) is 24.3 Å². The third-order valence-electron chi connectivity index (χ3n) is 2.63. The maximum Gasteiger partial charge on any atom is 0.339 e. The molecule has 5 nitrogen and oxygen atoms in total.